The minimum atomic E-state index is -1.33. The number of imide groups is 1. The average molecular weight is 462 g/mol. The number of halogens is 2. The summed E-state index contributed by atoms with van der Waals surface area (Å²) in [5.41, 5.74) is -0.854. The van der Waals surface area contributed by atoms with E-state index in [9.17, 15) is 23.6 Å². The number of ketones is 1. The molecule has 3 rings (SSSR count). The van der Waals surface area contributed by atoms with E-state index in [1.54, 1.807) is 31.2 Å². The summed E-state index contributed by atoms with van der Waals surface area (Å²) in [4.78, 5) is 49.6. The van der Waals surface area contributed by atoms with Gasteiger partial charge in [-0.3, -0.25) is 19.3 Å². The molecule has 1 saturated heterocycles. The van der Waals surface area contributed by atoms with E-state index in [0.717, 1.165) is 15.4 Å². The molecule has 150 valence electrons. The van der Waals surface area contributed by atoms with Crippen molar-refractivity contribution < 1.29 is 23.6 Å². The van der Waals surface area contributed by atoms with Gasteiger partial charge in [0.25, 0.3) is 5.91 Å². The molecule has 1 aliphatic rings. The summed E-state index contributed by atoms with van der Waals surface area (Å²) in [6.07, 6.45) is 0. The first-order chi connectivity index (χ1) is 13.6. The smallest absolute Gasteiger partial charge is 0.325 e. The topological polar surface area (TPSA) is 95.6 Å². The van der Waals surface area contributed by atoms with Gasteiger partial charge in [-0.15, -0.1) is 0 Å². The minimum Gasteiger partial charge on any atom is -0.326 e. The van der Waals surface area contributed by atoms with Crippen LogP contribution in [0.25, 0.3) is 0 Å². The molecule has 0 unspecified atom stereocenters. The van der Waals surface area contributed by atoms with Crippen LogP contribution in [0.5, 0.6) is 0 Å². The average Bonchev–Trinajstić information content (AvgIpc) is 2.85. The highest BCUT2D eigenvalue weighted by Gasteiger charge is 2.49. The number of benzene rings is 2. The second-order valence-electron chi connectivity index (χ2n) is 6.75. The van der Waals surface area contributed by atoms with Crippen molar-refractivity contribution in [1.82, 2.24) is 10.2 Å². The number of carbonyl (C=O) groups is 4. The number of Topliss-reactive ketones (excluding diaryl/α,β-unsaturated/α-hetero) is 1. The molecule has 0 saturated carbocycles. The van der Waals surface area contributed by atoms with E-state index in [1.165, 1.54) is 19.1 Å². The lowest BCUT2D eigenvalue weighted by atomic mass is 9.92. The molecule has 0 aliphatic carbocycles. The second-order valence-corrected chi connectivity index (χ2v) is 7.67. The van der Waals surface area contributed by atoms with E-state index in [0.29, 0.717) is 5.56 Å². The molecule has 1 heterocycles. The zero-order valence-electron chi connectivity index (χ0n) is 15.6. The van der Waals surface area contributed by atoms with Crippen molar-refractivity contribution in [2.24, 2.45) is 0 Å². The van der Waals surface area contributed by atoms with Crippen molar-refractivity contribution in [2.75, 3.05) is 11.9 Å². The Hall–Kier alpha value is -3.07. The van der Waals surface area contributed by atoms with Crippen molar-refractivity contribution in [3.63, 3.8) is 0 Å². The molecule has 1 fully saturated rings. The van der Waals surface area contributed by atoms with Gasteiger partial charge in [0.05, 0.1) is 12.1 Å². The van der Waals surface area contributed by atoms with Gasteiger partial charge in [0, 0.05) is 17.1 Å². The van der Waals surface area contributed by atoms with E-state index in [4.69, 9.17) is 0 Å². The van der Waals surface area contributed by atoms with Crippen LogP contribution in [0, 0.1) is 5.82 Å². The summed E-state index contributed by atoms with van der Waals surface area (Å²) in [6, 6.07) is 9.70. The molecule has 2 aromatic rings. The first-order valence-electron chi connectivity index (χ1n) is 8.62. The van der Waals surface area contributed by atoms with Gasteiger partial charge in [-0.1, -0.05) is 28.1 Å². The Balaban J connectivity index is 1.80. The monoisotopic (exact) mass is 461 g/mol. The number of nitrogens with zero attached hydrogens (tertiary/aromatic N) is 1. The van der Waals surface area contributed by atoms with Crippen molar-refractivity contribution in [1.29, 1.82) is 0 Å². The van der Waals surface area contributed by atoms with Crippen LogP contribution in [-0.4, -0.2) is 35.1 Å². The Kier molecular flexibility index (Phi) is 5.52. The lowest BCUT2D eigenvalue weighted by Gasteiger charge is -2.22. The van der Waals surface area contributed by atoms with Gasteiger partial charge in [0.1, 0.15) is 11.4 Å². The molecule has 1 atom stereocenters. The number of hydrogen-bond acceptors (Lipinski definition) is 4. The quantitative estimate of drug-likeness (QED) is 0.527. The molecule has 0 aromatic heterocycles. The summed E-state index contributed by atoms with van der Waals surface area (Å²) in [7, 11) is 0. The van der Waals surface area contributed by atoms with Crippen molar-refractivity contribution in [2.45, 2.75) is 19.4 Å². The van der Waals surface area contributed by atoms with E-state index < -0.39 is 35.6 Å². The van der Waals surface area contributed by atoms with Crippen LogP contribution in [0.4, 0.5) is 14.9 Å². The Morgan fingerprint density at radius 2 is 1.83 bits per heavy atom. The molecule has 0 radical (unpaired) electrons. The molecule has 0 spiro atoms. The number of urea groups is 1. The van der Waals surface area contributed by atoms with Gasteiger partial charge >= 0.3 is 6.03 Å². The molecular formula is C20H17BrFN3O4. The molecule has 2 N–H and O–H groups in total. The lowest BCUT2D eigenvalue weighted by Crippen LogP contribution is -2.41. The molecular weight excluding hydrogens is 445 g/mol. The standard InChI is InChI=1S/C20H17BrFN3O4/c1-11(26)23-14-7-8-15(16(22)9-14)17(27)10-25-18(28)20(2,24-19(25)29)12-3-5-13(21)6-4-12/h3-9H,10H2,1-2H3,(H,23,26)(H,24,29)/t20-/m0/s1. The van der Waals surface area contributed by atoms with Crippen molar-refractivity contribution in [3.05, 3.63) is 63.9 Å². The third-order valence-electron chi connectivity index (χ3n) is 4.59. The van der Waals surface area contributed by atoms with Gasteiger partial charge in [0.2, 0.25) is 5.91 Å². The van der Waals surface area contributed by atoms with Gasteiger partial charge in [-0.2, -0.15) is 0 Å². The number of nitrogens with one attached hydrogen (secondary N) is 2. The Bertz CT molecular complexity index is 1020. The summed E-state index contributed by atoms with van der Waals surface area (Å²) in [5, 5.41) is 5.01. The number of carbonyl (C=O) groups excluding carboxylic acids is 4. The summed E-state index contributed by atoms with van der Waals surface area (Å²) in [5.74, 6) is -2.58. The fourth-order valence-electron chi connectivity index (χ4n) is 3.07. The second kappa shape index (κ2) is 7.75. The highest BCUT2D eigenvalue weighted by atomic mass is 79.9. The van der Waals surface area contributed by atoms with Crippen LogP contribution in [0.3, 0.4) is 0 Å². The maximum absolute atomic E-state index is 14.3. The molecule has 9 heteroatoms. The first-order valence-corrected chi connectivity index (χ1v) is 9.41. The fraction of sp³-hybridized carbons (Fsp3) is 0.200. The van der Waals surface area contributed by atoms with Crippen LogP contribution in [0.15, 0.2) is 46.9 Å². The number of anilines is 1. The van der Waals surface area contributed by atoms with E-state index >= 15 is 0 Å². The Morgan fingerprint density at radius 3 is 2.41 bits per heavy atom. The van der Waals surface area contributed by atoms with Gasteiger partial charge in [0.15, 0.2) is 5.78 Å². The SMILES string of the molecule is CC(=O)Nc1ccc(C(=O)CN2C(=O)N[C@@](C)(c3ccc(Br)cc3)C2=O)c(F)c1. The van der Waals surface area contributed by atoms with Crippen LogP contribution in [0.2, 0.25) is 0 Å². The lowest BCUT2D eigenvalue weighted by molar-refractivity contribution is -0.130. The highest BCUT2D eigenvalue weighted by Crippen LogP contribution is 2.30. The van der Waals surface area contributed by atoms with Crippen LogP contribution < -0.4 is 10.6 Å². The summed E-state index contributed by atoms with van der Waals surface area (Å²) in [6.45, 7) is 2.22. The largest absolute Gasteiger partial charge is 0.326 e. The predicted octanol–water partition coefficient (Wildman–Crippen LogP) is 3.20. The number of rotatable bonds is 5. The van der Waals surface area contributed by atoms with E-state index in [1.807, 2.05) is 0 Å². The maximum atomic E-state index is 14.3. The van der Waals surface area contributed by atoms with E-state index in [2.05, 4.69) is 26.6 Å². The van der Waals surface area contributed by atoms with Crippen LogP contribution in [-0.2, 0) is 15.1 Å². The van der Waals surface area contributed by atoms with Crippen LogP contribution in [0.1, 0.15) is 29.8 Å². The number of hydrogen-bond donors (Lipinski definition) is 2. The van der Waals surface area contributed by atoms with Gasteiger partial charge in [-0.05, 0) is 42.8 Å². The molecule has 0 bridgehead atoms. The maximum Gasteiger partial charge on any atom is 0.325 e. The highest BCUT2D eigenvalue weighted by molar-refractivity contribution is 9.10. The molecule has 29 heavy (non-hydrogen) atoms. The zero-order chi connectivity index (χ0) is 21.3. The zero-order valence-corrected chi connectivity index (χ0v) is 17.2. The Labute approximate surface area is 174 Å². The summed E-state index contributed by atoms with van der Waals surface area (Å²) < 4.78 is 15.1. The van der Waals surface area contributed by atoms with Gasteiger partial charge in [-0.25, -0.2) is 9.18 Å². The van der Waals surface area contributed by atoms with Crippen LogP contribution >= 0.6 is 15.9 Å². The van der Waals surface area contributed by atoms with Crippen molar-refractivity contribution in [3.8, 4) is 0 Å². The molecule has 1 aliphatic heterocycles. The molecule has 7 nitrogen and oxygen atoms in total. The predicted molar refractivity (Wildman–Crippen MR) is 107 cm³/mol. The molecule has 2 aromatic carbocycles. The number of amides is 4. The third kappa shape index (κ3) is 4.04. The normalized spacial score (nSPS) is 18.6. The first kappa shape index (κ1) is 20.7. The summed E-state index contributed by atoms with van der Waals surface area (Å²) >= 11 is 3.31. The Morgan fingerprint density at radius 1 is 1.17 bits per heavy atom. The van der Waals surface area contributed by atoms with E-state index in [-0.39, 0.29) is 17.2 Å². The van der Waals surface area contributed by atoms with Gasteiger partial charge < -0.3 is 10.6 Å². The minimum absolute atomic E-state index is 0.198. The molecule has 4 amide bonds. The fourth-order valence-corrected chi connectivity index (χ4v) is 3.33. The third-order valence-corrected chi connectivity index (χ3v) is 5.12. The van der Waals surface area contributed by atoms with Crippen molar-refractivity contribution >= 4 is 45.2 Å².